The molecule has 1 saturated heterocycles. The molecule has 0 aliphatic carbocycles. The number of amides is 1. The Labute approximate surface area is 110 Å². The Morgan fingerprint density at radius 2 is 2.21 bits per heavy atom. The Hall–Kier alpha value is -2.24. The molecule has 0 atom stereocenters. The average molecular weight is 261 g/mol. The van der Waals surface area contributed by atoms with E-state index in [1.54, 1.807) is 6.92 Å². The lowest BCUT2D eigenvalue weighted by molar-refractivity contribution is -0.385. The molecule has 0 unspecified atom stereocenters. The van der Waals surface area contributed by atoms with Crippen molar-refractivity contribution >= 4 is 17.4 Å². The molecule has 0 saturated carbocycles. The van der Waals surface area contributed by atoms with Gasteiger partial charge in [-0.1, -0.05) is 0 Å². The SMILES string of the molecule is Cc1cc(C(=O)N=C2CCCN2C)ccc1[N+](=O)[O-]. The molecule has 1 heterocycles. The molecule has 19 heavy (non-hydrogen) atoms. The lowest BCUT2D eigenvalue weighted by Gasteiger charge is -2.10. The first-order valence-corrected chi connectivity index (χ1v) is 6.07. The number of aliphatic imine (C=N–C) groups is 1. The van der Waals surface area contributed by atoms with Gasteiger partial charge in [0.25, 0.3) is 11.6 Å². The molecule has 1 aliphatic rings. The van der Waals surface area contributed by atoms with E-state index in [0.29, 0.717) is 11.1 Å². The highest BCUT2D eigenvalue weighted by Gasteiger charge is 2.18. The van der Waals surface area contributed by atoms with Crippen LogP contribution in [0.5, 0.6) is 0 Å². The number of benzene rings is 1. The zero-order valence-corrected chi connectivity index (χ0v) is 10.9. The van der Waals surface area contributed by atoms with Crippen LogP contribution in [0.1, 0.15) is 28.8 Å². The number of nitro groups is 1. The van der Waals surface area contributed by atoms with E-state index < -0.39 is 4.92 Å². The van der Waals surface area contributed by atoms with Gasteiger partial charge in [0, 0.05) is 37.2 Å². The fourth-order valence-electron chi connectivity index (χ4n) is 2.11. The fourth-order valence-corrected chi connectivity index (χ4v) is 2.11. The van der Waals surface area contributed by atoms with Crippen LogP contribution in [0.3, 0.4) is 0 Å². The van der Waals surface area contributed by atoms with Gasteiger partial charge < -0.3 is 4.90 Å². The summed E-state index contributed by atoms with van der Waals surface area (Å²) in [7, 11) is 1.90. The van der Waals surface area contributed by atoms with Crippen molar-refractivity contribution < 1.29 is 9.72 Å². The maximum Gasteiger partial charge on any atom is 0.278 e. The van der Waals surface area contributed by atoms with E-state index in [0.717, 1.165) is 25.2 Å². The van der Waals surface area contributed by atoms with Crippen molar-refractivity contribution in [3.8, 4) is 0 Å². The standard InChI is InChI=1S/C13H15N3O3/c1-9-8-10(5-6-11(9)16(18)19)13(17)14-12-4-3-7-15(12)2/h5-6,8H,3-4,7H2,1-2H3. The second kappa shape index (κ2) is 5.17. The Bertz CT molecular complexity index is 566. The van der Waals surface area contributed by atoms with Gasteiger partial charge in [-0.15, -0.1) is 0 Å². The van der Waals surface area contributed by atoms with Crippen LogP contribution < -0.4 is 0 Å². The van der Waals surface area contributed by atoms with Gasteiger partial charge in [0.1, 0.15) is 5.84 Å². The van der Waals surface area contributed by atoms with E-state index in [2.05, 4.69) is 4.99 Å². The molecule has 1 aromatic rings. The minimum atomic E-state index is -0.458. The predicted molar refractivity (Wildman–Crippen MR) is 71.5 cm³/mol. The summed E-state index contributed by atoms with van der Waals surface area (Å²) >= 11 is 0. The van der Waals surface area contributed by atoms with Gasteiger partial charge in [-0.3, -0.25) is 14.9 Å². The zero-order valence-electron chi connectivity index (χ0n) is 10.9. The summed E-state index contributed by atoms with van der Waals surface area (Å²) < 4.78 is 0. The molecule has 6 heteroatoms. The molecule has 0 aromatic heterocycles. The smallest absolute Gasteiger partial charge is 0.278 e. The number of likely N-dealkylation sites (tertiary alicyclic amines) is 1. The van der Waals surface area contributed by atoms with Crippen molar-refractivity contribution in [2.24, 2.45) is 4.99 Å². The van der Waals surface area contributed by atoms with E-state index in [1.165, 1.54) is 18.2 Å². The predicted octanol–water partition coefficient (Wildman–Crippen LogP) is 2.17. The first-order chi connectivity index (χ1) is 8.99. The number of rotatable bonds is 2. The second-order valence-corrected chi connectivity index (χ2v) is 4.62. The van der Waals surface area contributed by atoms with Crippen molar-refractivity contribution in [3.05, 3.63) is 39.4 Å². The van der Waals surface area contributed by atoms with Gasteiger partial charge in [0.2, 0.25) is 0 Å². The van der Waals surface area contributed by atoms with Gasteiger partial charge in [-0.25, -0.2) is 0 Å². The van der Waals surface area contributed by atoms with E-state index in [-0.39, 0.29) is 11.6 Å². The molecule has 1 fully saturated rings. The van der Waals surface area contributed by atoms with Gasteiger partial charge in [-0.2, -0.15) is 4.99 Å². The Kier molecular flexibility index (Phi) is 3.59. The highest BCUT2D eigenvalue weighted by atomic mass is 16.6. The third kappa shape index (κ3) is 2.78. The van der Waals surface area contributed by atoms with Gasteiger partial charge in [0.05, 0.1) is 4.92 Å². The quantitative estimate of drug-likeness (QED) is 0.604. The monoisotopic (exact) mass is 261 g/mol. The molecule has 0 bridgehead atoms. The van der Waals surface area contributed by atoms with Crippen molar-refractivity contribution in [2.75, 3.05) is 13.6 Å². The van der Waals surface area contributed by atoms with Gasteiger partial charge in [-0.05, 0) is 25.5 Å². The summed E-state index contributed by atoms with van der Waals surface area (Å²) in [6.07, 6.45) is 1.80. The molecule has 0 spiro atoms. The van der Waals surface area contributed by atoms with Crippen LogP contribution in [0.25, 0.3) is 0 Å². The van der Waals surface area contributed by atoms with E-state index in [1.807, 2.05) is 11.9 Å². The number of amidine groups is 1. The van der Waals surface area contributed by atoms with Crippen LogP contribution in [0, 0.1) is 17.0 Å². The summed E-state index contributed by atoms with van der Waals surface area (Å²) in [5.41, 5.74) is 0.869. The minimum Gasteiger partial charge on any atom is -0.363 e. The minimum absolute atomic E-state index is 0.0159. The van der Waals surface area contributed by atoms with Crippen LogP contribution in [0.15, 0.2) is 23.2 Å². The largest absolute Gasteiger partial charge is 0.363 e. The normalized spacial score (nSPS) is 16.9. The maximum absolute atomic E-state index is 12.0. The van der Waals surface area contributed by atoms with E-state index in [9.17, 15) is 14.9 Å². The van der Waals surface area contributed by atoms with Gasteiger partial charge in [0.15, 0.2) is 0 Å². The summed E-state index contributed by atoms with van der Waals surface area (Å²) in [6.45, 7) is 2.52. The number of hydrogen-bond acceptors (Lipinski definition) is 3. The Morgan fingerprint density at radius 3 is 2.74 bits per heavy atom. The van der Waals surface area contributed by atoms with Crippen molar-refractivity contribution in [3.63, 3.8) is 0 Å². The van der Waals surface area contributed by atoms with Crippen LogP contribution >= 0.6 is 0 Å². The summed E-state index contributed by atoms with van der Waals surface area (Å²) in [5, 5.41) is 10.7. The first kappa shape index (κ1) is 13.2. The van der Waals surface area contributed by atoms with Gasteiger partial charge >= 0.3 is 0 Å². The van der Waals surface area contributed by atoms with Crippen molar-refractivity contribution in [1.82, 2.24) is 4.90 Å². The number of carbonyl (C=O) groups is 1. The lowest BCUT2D eigenvalue weighted by Crippen LogP contribution is -2.20. The third-order valence-electron chi connectivity index (χ3n) is 3.21. The van der Waals surface area contributed by atoms with E-state index in [4.69, 9.17) is 0 Å². The summed E-state index contributed by atoms with van der Waals surface area (Å²) in [6, 6.07) is 4.31. The number of hydrogen-bond donors (Lipinski definition) is 0. The van der Waals surface area contributed by atoms with Crippen LogP contribution in [-0.2, 0) is 0 Å². The molecular weight excluding hydrogens is 246 g/mol. The summed E-state index contributed by atoms with van der Waals surface area (Å²) in [4.78, 5) is 28.3. The second-order valence-electron chi connectivity index (χ2n) is 4.62. The average Bonchev–Trinajstić information content (AvgIpc) is 2.74. The maximum atomic E-state index is 12.0. The Balaban J connectivity index is 2.25. The molecule has 0 radical (unpaired) electrons. The number of aryl methyl sites for hydroxylation is 1. The van der Waals surface area contributed by atoms with Crippen LogP contribution in [0.2, 0.25) is 0 Å². The molecule has 1 amide bonds. The highest BCUT2D eigenvalue weighted by Crippen LogP contribution is 2.19. The van der Waals surface area contributed by atoms with Crippen molar-refractivity contribution in [1.29, 1.82) is 0 Å². The lowest BCUT2D eigenvalue weighted by atomic mass is 10.1. The summed E-state index contributed by atoms with van der Waals surface area (Å²) in [5.74, 6) is 0.433. The molecule has 2 rings (SSSR count). The fraction of sp³-hybridized carbons (Fsp3) is 0.385. The number of carbonyl (C=O) groups excluding carboxylic acids is 1. The van der Waals surface area contributed by atoms with E-state index >= 15 is 0 Å². The third-order valence-corrected chi connectivity index (χ3v) is 3.21. The zero-order chi connectivity index (χ0) is 14.0. The molecule has 1 aliphatic heterocycles. The first-order valence-electron chi connectivity index (χ1n) is 6.07. The topological polar surface area (TPSA) is 75.8 Å². The number of nitrogens with zero attached hydrogens (tertiary/aromatic N) is 3. The molecule has 6 nitrogen and oxygen atoms in total. The van der Waals surface area contributed by atoms with Crippen molar-refractivity contribution in [2.45, 2.75) is 19.8 Å². The molecule has 1 aromatic carbocycles. The highest BCUT2D eigenvalue weighted by molar-refractivity contribution is 6.03. The molecule has 0 N–H and O–H groups in total. The van der Waals surface area contributed by atoms with Crippen LogP contribution in [-0.4, -0.2) is 35.2 Å². The molecular formula is C13H15N3O3. The number of nitro benzene ring substituents is 1. The molecule has 100 valence electrons. The van der Waals surface area contributed by atoms with Crippen LogP contribution in [0.4, 0.5) is 5.69 Å². The Morgan fingerprint density at radius 1 is 1.47 bits per heavy atom.